The van der Waals surface area contributed by atoms with Crippen LogP contribution < -0.4 is 5.32 Å². The van der Waals surface area contributed by atoms with Crippen molar-refractivity contribution in [1.29, 1.82) is 0 Å². The van der Waals surface area contributed by atoms with Crippen molar-refractivity contribution in [2.75, 3.05) is 5.32 Å². The summed E-state index contributed by atoms with van der Waals surface area (Å²) in [5.74, 6) is 0.0931. The van der Waals surface area contributed by atoms with Crippen LogP contribution in [0.1, 0.15) is 21.7 Å². The fraction of sp³-hybridized carbons (Fsp3) is 0.133. The molecule has 1 N–H and O–H groups in total. The second kappa shape index (κ2) is 6.04. The predicted octanol–water partition coefficient (Wildman–Crippen LogP) is 3.91. The van der Waals surface area contributed by atoms with Crippen LogP contribution in [0, 0.1) is 10.5 Å². The van der Waals surface area contributed by atoms with Crippen molar-refractivity contribution in [2.24, 2.45) is 0 Å². The highest BCUT2D eigenvalue weighted by molar-refractivity contribution is 14.1. The number of hydrogen-bond acceptors (Lipinski definition) is 3. The zero-order valence-electron chi connectivity index (χ0n) is 12.2. The lowest BCUT2D eigenvalue weighted by atomic mass is 10.2. The summed E-state index contributed by atoms with van der Waals surface area (Å²) >= 11 is 1.87. The molecule has 0 spiro atoms. The Kier molecular flexibility index (Phi) is 4.20. The highest BCUT2D eigenvalue weighted by atomic mass is 127. The smallest absolute Gasteiger partial charge is 0.321 e. The number of carbonyl (C=O) groups is 1. The molecule has 0 aliphatic heterocycles. The molecule has 0 bridgehead atoms. The van der Waals surface area contributed by atoms with Gasteiger partial charge in [-0.25, -0.2) is 0 Å². The summed E-state index contributed by atoms with van der Waals surface area (Å²) in [4.78, 5) is 12.4. The maximum absolute atomic E-state index is 12.8. The molecule has 0 atom stereocenters. The van der Waals surface area contributed by atoms with Crippen LogP contribution in [0.4, 0.5) is 18.9 Å². The Labute approximate surface area is 148 Å². The Morgan fingerprint density at radius 3 is 2.67 bits per heavy atom. The summed E-state index contributed by atoms with van der Waals surface area (Å²) in [5.41, 5.74) is 0.163. The molecule has 2 heterocycles. The monoisotopic (exact) mass is 446 g/mol. The third-order valence-corrected chi connectivity index (χ3v) is 4.32. The minimum absolute atomic E-state index is 0.107. The normalized spacial score (nSPS) is 11.7. The van der Waals surface area contributed by atoms with Gasteiger partial charge in [-0.15, -0.1) is 10.2 Å². The number of anilines is 1. The van der Waals surface area contributed by atoms with Gasteiger partial charge in [0.2, 0.25) is 0 Å². The molecule has 0 saturated heterocycles. The molecule has 0 aliphatic rings. The number of carbonyl (C=O) groups excluding carboxylic acids is 1. The van der Waals surface area contributed by atoms with E-state index in [0.29, 0.717) is 20.6 Å². The highest BCUT2D eigenvalue weighted by Gasteiger charge is 2.31. The second-order valence-electron chi connectivity index (χ2n) is 5.04. The number of pyridine rings is 1. The number of amides is 1. The summed E-state index contributed by atoms with van der Waals surface area (Å²) in [5, 5.41) is 10.3. The van der Waals surface area contributed by atoms with E-state index in [1.54, 1.807) is 29.7 Å². The van der Waals surface area contributed by atoms with Crippen LogP contribution in [0.2, 0.25) is 0 Å². The number of fused-ring (bicyclic) bond motifs is 1. The van der Waals surface area contributed by atoms with Gasteiger partial charge in [0.1, 0.15) is 5.82 Å². The first-order valence-corrected chi connectivity index (χ1v) is 7.83. The van der Waals surface area contributed by atoms with Crippen LogP contribution in [-0.2, 0) is 6.18 Å². The molecule has 0 radical (unpaired) electrons. The van der Waals surface area contributed by atoms with Crippen molar-refractivity contribution >= 4 is 39.8 Å². The van der Waals surface area contributed by atoms with Crippen LogP contribution in [0.15, 0.2) is 36.5 Å². The number of hydrogen-bond donors (Lipinski definition) is 1. The van der Waals surface area contributed by atoms with Crippen LogP contribution in [-0.4, -0.2) is 20.5 Å². The number of nitrogens with one attached hydrogen (secondary N) is 1. The lowest BCUT2D eigenvalue weighted by molar-refractivity contribution is -0.137. The van der Waals surface area contributed by atoms with Crippen molar-refractivity contribution in [3.63, 3.8) is 0 Å². The number of alkyl halides is 3. The standard InChI is InChI=1S/C15H10F3IN4O/c1-8-21-22-13-5-2-9(7-23(8)13)14(24)20-12-6-10(15(16,17)18)3-4-11(12)19/h2-7H,1H3,(H,20,24). The Morgan fingerprint density at radius 1 is 1.21 bits per heavy atom. The van der Waals surface area contributed by atoms with Crippen molar-refractivity contribution in [3.05, 3.63) is 57.1 Å². The maximum atomic E-state index is 12.8. The maximum Gasteiger partial charge on any atom is 0.416 e. The first-order valence-electron chi connectivity index (χ1n) is 6.75. The molecular formula is C15H10F3IN4O. The number of aromatic nitrogens is 3. The fourth-order valence-corrected chi connectivity index (χ4v) is 2.60. The van der Waals surface area contributed by atoms with E-state index in [1.807, 2.05) is 22.6 Å². The van der Waals surface area contributed by atoms with Crippen molar-refractivity contribution in [1.82, 2.24) is 14.6 Å². The Balaban J connectivity index is 1.92. The van der Waals surface area contributed by atoms with E-state index in [4.69, 9.17) is 0 Å². The van der Waals surface area contributed by atoms with E-state index in [0.717, 1.165) is 12.1 Å². The van der Waals surface area contributed by atoms with E-state index in [-0.39, 0.29) is 5.69 Å². The Hall–Kier alpha value is -2.17. The Morgan fingerprint density at radius 2 is 1.96 bits per heavy atom. The third-order valence-electron chi connectivity index (χ3n) is 3.38. The molecule has 0 saturated carbocycles. The van der Waals surface area contributed by atoms with Gasteiger partial charge in [0, 0.05) is 9.77 Å². The molecule has 1 amide bonds. The molecule has 1 aromatic carbocycles. The average Bonchev–Trinajstić information content (AvgIpc) is 2.89. The van der Waals surface area contributed by atoms with E-state index < -0.39 is 17.6 Å². The number of nitrogens with zero attached hydrogens (tertiary/aromatic N) is 3. The van der Waals surface area contributed by atoms with E-state index in [9.17, 15) is 18.0 Å². The van der Waals surface area contributed by atoms with Gasteiger partial charge in [-0.2, -0.15) is 13.2 Å². The minimum Gasteiger partial charge on any atom is -0.321 e. The first-order chi connectivity index (χ1) is 11.3. The average molecular weight is 446 g/mol. The van der Waals surface area contributed by atoms with Gasteiger partial charge in [-0.1, -0.05) is 0 Å². The lowest BCUT2D eigenvalue weighted by Gasteiger charge is -2.12. The first kappa shape index (κ1) is 16.7. The summed E-state index contributed by atoms with van der Waals surface area (Å²) < 4.78 is 40.6. The van der Waals surface area contributed by atoms with Crippen molar-refractivity contribution in [3.8, 4) is 0 Å². The number of rotatable bonds is 2. The van der Waals surface area contributed by atoms with E-state index in [2.05, 4.69) is 15.5 Å². The van der Waals surface area contributed by atoms with E-state index in [1.165, 1.54) is 6.07 Å². The van der Waals surface area contributed by atoms with Gasteiger partial charge < -0.3 is 5.32 Å². The van der Waals surface area contributed by atoms with Crippen LogP contribution in [0.3, 0.4) is 0 Å². The van der Waals surface area contributed by atoms with Crippen LogP contribution in [0.25, 0.3) is 5.65 Å². The van der Waals surface area contributed by atoms with E-state index >= 15 is 0 Å². The largest absolute Gasteiger partial charge is 0.416 e. The van der Waals surface area contributed by atoms with Crippen LogP contribution >= 0.6 is 22.6 Å². The number of aryl methyl sites for hydroxylation is 1. The molecule has 24 heavy (non-hydrogen) atoms. The molecule has 0 aliphatic carbocycles. The summed E-state index contributed by atoms with van der Waals surface area (Å²) in [6.45, 7) is 1.73. The molecule has 2 aromatic heterocycles. The SMILES string of the molecule is Cc1nnc2ccc(C(=O)Nc3cc(C(F)(F)F)ccc3I)cn12. The summed E-state index contributed by atoms with van der Waals surface area (Å²) in [6.07, 6.45) is -2.93. The molecular weight excluding hydrogens is 436 g/mol. The third kappa shape index (κ3) is 3.21. The molecule has 5 nitrogen and oxygen atoms in total. The summed E-state index contributed by atoms with van der Waals surface area (Å²) in [6, 6.07) is 6.36. The van der Waals surface area contributed by atoms with Crippen LogP contribution in [0.5, 0.6) is 0 Å². The van der Waals surface area contributed by atoms with Crippen molar-refractivity contribution in [2.45, 2.75) is 13.1 Å². The van der Waals surface area contributed by atoms with Gasteiger partial charge in [-0.05, 0) is 59.8 Å². The second-order valence-corrected chi connectivity index (χ2v) is 6.20. The zero-order chi connectivity index (χ0) is 17.5. The zero-order valence-corrected chi connectivity index (χ0v) is 14.4. The molecule has 124 valence electrons. The lowest BCUT2D eigenvalue weighted by Crippen LogP contribution is -2.15. The molecule has 0 fully saturated rings. The van der Waals surface area contributed by atoms with Crippen molar-refractivity contribution < 1.29 is 18.0 Å². The fourth-order valence-electron chi connectivity index (χ4n) is 2.13. The molecule has 9 heteroatoms. The summed E-state index contributed by atoms with van der Waals surface area (Å²) in [7, 11) is 0. The topological polar surface area (TPSA) is 59.3 Å². The predicted molar refractivity (Wildman–Crippen MR) is 89.8 cm³/mol. The number of halogens is 4. The molecule has 3 aromatic rings. The molecule has 0 unspecified atom stereocenters. The van der Waals surface area contributed by atoms with Gasteiger partial charge in [0.15, 0.2) is 5.65 Å². The Bertz CT molecular complexity index is 936. The van der Waals surface area contributed by atoms with Gasteiger partial charge in [0.25, 0.3) is 5.91 Å². The highest BCUT2D eigenvalue weighted by Crippen LogP contribution is 2.32. The van der Waals surface area contributed by atoms with Gasteiger partial charge in [-0.3, -0.25) is 9.20 Å². The number of benzene rings is 1. The quantitative estimate of drug-likeness (QED) is 0.608. The molecule has 3 rings (SSSR count). The minimum atomic E-state index is -4.47. The van der Waals surface area contributed by atoms with Gasteiger partial charge in [0.05, 0.1) is 16.8 Å². The van der Waals surface area contributed by atoms with Gasteiger partial charge >= 0.3 is 6.18 Å².